The first-order valence-electron chi connectivity index (χ1n) is 6.03. The van der Waals surface area contributed by atoms with Crippen molar-refractivity contribution in [2.75, 3.05) is 13.2 Å². The predicted octanol–water partition coefficient (Wildman–Crippen LogP) is 0.708. The van der Waals surface area contributed by atoms with E-state index in [1.54, 1.807) is 0 Å². The number of hydrazine groups is 1. The van der Waals surface area contributed by atoms with Gasteiger partial charge < -0.3 is 9.84 Å². The van der Waals surface area contributed by atoms with E-state index in [1.165, 1.54) is 5.01 Å². The van der Waals surface area contributed by atoms with Crippen molar-refractivity contribution >= 4 is 18.4 Å². The molecule has 0 bridgehead atoms. The predicted molar refractivity (Wildman–Crippen MR) is 73.4 cm³/mol. The van der Waals surface area contributed by atoms with Crippen molar-refractivity contribution in [2.45, 2.75) is 19.1 Å². The molecule has 0 radical (unpaired) electrons. The number of nitrogens with zero attached hydrogens (tertiary/aromatic N) is 1. The Morgan fingerprint density at radius 1 is 1.42 bits per heavy atom. The topological polar surface area (TPSA) is 75.8 Å². The van der Waals surface area contributed by atoms with Crippen molar-refractivity contribution in [1.29, 1.82) is 0 Å². The lowest BCUT2D eigenvalue weighted by atomic mass is 10.1. The minimum absolute atomic E-state index is 0. The second kappa shape index (κ2) is 7.45. The maximum absolute atomic E-state index is 11.8. The first-order valence-corrected chi connectivity index (χ1v) is 6.03. The van der Waals surface area contributed by atoms with Crippen molar-refractivity contribution in [3.8, 4) is 0 Å². The number of hydrogen-bond acceptors (Lipinski definition) is 5. The van der Waals surface area contributed by atoms with Crippen LogP contribution in [0.1, 0.15) is 12.0 Å². The van der Waals surface area contributed by atoms with Crippen LogP contribution in [0.2, 0.25) is 0 Å². The monoisotopic (exact) mass is 286 g/mol. The molecule has 0 amide bonds. The van der Waals surface area contributed by atoms with Crippen LogP contribution in [0.25, 0.3) is 0 Å². The van der Waals surface area contributed by atoms with E-state index < -0.39 is 0 Å². The summed E-state index contributed by atoms with van der Waals surface area (Å²) in [5.74, 6) is 5.21. The molecule has 5 nitrogen and oxygen atoms in total. The van der Waals surface area contributed by atoms with Crippen LogP contribution in [0, 0.1) is 5.92 Å². The Morgan fingerprint density at radius 3 is 2.68 bits per heavy atom. The highest BCUT2D eigenvalue weighted by molar-refractivity contribution is 5.85. The molecule has 1 aliphatic rings. The van der Waals surface area contributed by atoms with Gasteiger partial charge in [0.15, 0.2) is 0 Å². The minimum atomic E-state index is -0.245. The molecular weight excluding hydrogens is 268 g/mol. The molecule has 1 aromatic rings. The number of carbonyl (C=O) groups is 1. The van der Waals surface area contributed by atoms with Gasteiger partial charge in [0.1, 0.15) is 6.61 Å². The summed E-state index contributed by atoms with van der Waals surface area (Å²) in [4.78, 5) is 11.8. The van der Waals surface area contributed by atoms with E-state index in [2.05, 4.69) is 0 Å². The molecule has 1 heterocycles. The highest BCUT2D eigenvalue weighted by Gasteiger charge is 2.35. The van der Waals surface area contributed by atoms with Gasteiger partial charge in [0, 0.05) is 12.6 Å². The summed E-state index contributed by atoms with van der Waals surface area (Å²) in [5.41, 5.74) is 0.965. The Balaban J connectivity index is 0.00000180. The van der Waals surface area contributed by atoms with Gasteiger partial charge in [0.2, 0.25) is 0 Å². The molecule has 1 fully saturated rings. The summed E-state index contributed by atoms with van der Waals surface area (Å²) < 4.78 is 5.25. The van der Waals surface area contributed by atoms with Crippen LogP contribution in [0.4, 0.5) is 0 Å². The number of hydrogen-bond donors (Lipinski definition) is 2. The zero-order chi connectivity index (χ0) is 13.0. The largest absolute Gasteiger partial charge is 0.461 e. The fourth-order valence-electron chi connectivity index (χ4n) is 2.14. The van der Waals surface area contributed by atoms with Crippen molar-refractivity contribution in [3.05, 3.63) is 35.9 Å². The van der Waals surface area contributed by atoms with E-state index in [9.17, 15) is 4.79 Å². The minimum Gasteiger partial charge on any atom is -0.461 e. The summed E-state index contributed by atoms with van der Waals surface area (Å²) in [6.07, 6.45) is 0.556. The summed E-state index contributed by atoms with van der Waals surface area (Å²) in [5, 5.41) is 10.6. The third-order valence-corrected chi connectivity index (χ3v) is 3.22. The Hall–Kier alpha value is -1.14. The fraction of sp³-hybridized carbons (Fsp3) is 0.462. The van der Waals surface area contributed by atoms with Gasteiger partial charge in [0.05, 0.1) is 12.5 Å². The molecule has 19 heavy (non-hydrogen) atoms. The molecule has 0 aromatic heterocycles. The third kappa shape index (κ3) is 4.18. The van der Waals surface area contributed by atoms with Crippen molar-refractivity contribution in [3.63, 3.8) is 0 Å². The molecule has 0 spiro atoms. The number of benzene rings is 1. The molecular formula is C13H19ClN2O3. The zero-order valence-electron chi connectivity index (χ0n) is 10.6. The highest BCUT2D eigenvalue weighted by atomic mass is 35.5. The van der Waals surface area contributed by atoms with Gasteiger partial charge in [0.25, 0.3) is 0 Å². The number of nitrogens with two attached hydrogens (primary N) is 1. The Labute approximate surface area is 118 Å². The lowest BCUT2D eigenvalue weighted by Crippen LogP contribution is -2.38. The Bertz CT molecular complexity index is 402. The molecule has 0 aliphatic carbocycles. The van der Waals surface area contributed by atoms with Crippen molar-refractivity contribution in [1.82, 2.24) is 5.01 Å². The molecule has 106 valence electrons. The SMILES string of the molecule is Cl.NN1C[C@@H](C(=O)OCc2ccccc2)C[C@@H]1CO. The smallest absolute Gasteiger partial charge is 0.310 e. The maximum atomic E-state index is 11.8. The standard InChI is InChI=1S/C13H18N2O3.ClH/c14-15-7-11(6-12(15)8-16)13(17)18-9-10-4-2-1-3-5-10;/h1-5,11-12,16H,6-9,14H2;1H/t11-,12+;/m0./s1. The number of carbonyl (C=O) groups excluding carboxylic acids is 1. The second-order valence-corrected chi connectivity index (χ2v) is 4.56. The van der Waals surface area contributed by atoms with Crippen LogP contribution < -0.4 is 5.84 Å². The second-order valence-electron chi connectivity index (χ2n) is 4.56. The molecule has 6 heteroatoms. The average Bonchev–Trinajstić information content (AvgIpc) is 2.78. The van der Waals surface area contributed by atoms with Gasteiger partial charge in [-0.15, -0.1) is 12.4 Å². The zero-order valence-corrected chi connectivity index (χ0v) is 11.4. The van der Waals surface area contributed by atoms with Crippen LogP contribution in [0.5, 0.6) is 0 Å². The molecule has 2 atom stereocenters. The average molecular weight is 287 g/mol. The molecule has 0 unspecified atom stereocenters. The molecule has 1 saturated heterocycles. The summed E-state index contributed by atoms with van der Waals surface area (Å²) in [6.45, 7) is 0.697. The van der Waals surface area contributed by atoms with Crippen LogP contribution in [0.15, 0.2) is 30.3 Å². The molecule has 2 rings (SSSR count). The summed E-state index contributed by atoms with van der Waals surface area (Å²) >= 11 is 0. The van der Waals surface area contributed by atoms with Crippen LogP contribution in [-0.4, -0.2) is 35.3 Å². The number of aliphatic hydroxyl groups is 1. The third-order valence-electron chi connectivity index (χ3n) is 3.22. The first kappa shape index (κ1) is 15.9. The first-order chi connectivity index (χ1) is 8.70. The van der Waals surface area contributed by atoms with E-state index in [1.807, 2.05) is 30.3 Å². The van der Waals surface area contributed by atoms with Gasteiger partial charge in [-0.05, 0) is 12.0 Å². The number of rotatable bonds is 4. The normalized spacial score (nSPS) is 22.8. The quantitative estimate of drug-likeness (QED) is 0.630. The molecule has 1 aliphatic heterocycles. The van der Waals surface area contributed by atoms with Crippen LogP contribution >= 0.6 is 12.4 Å². The lowest BCUT2D eigenvalue weighted by Gasteiger charge is -2.14. The molecule has 0 saturated carbocycles. The van der Waals surface area contributed by atoms with E-state index in [0.717, 1.165) is 5.56 Å². The van der Waals surface area contributed by atoms with E-state index in [4.69, 9.17) is 15.7 Å². The van der Waals surface area contributed by atoms with E-state index in [0.29, 0.717) is 13.0 Å². The highest BCUT2D eigenvalue weighted by Crippen LogP contribution is 2.21. The maximum Gasteiger partial charge on any atom is 0.310 e. The fourth-order valence-corrected chi connectivity index (χ4v) is 2.14. The number of esters is 1. The van der Waals surface area contributed by atoms with Gasteiger partial charge in [-0.3, -0.25) is 10.6 Å². The Kier molecular flexibility index (Phi) is 6.24. The summed E-state index contributed by atoms with van der Waals surface area (Å²) in [7, 11) is 0. The number of ether oxygens (including phenoxy) is 1. The van der Waals surface area contributed by atoms with E-state index >= 15 is 0 Å². The van der Waals surface area contributed by atoms with Gasteiger partial charge in [-0.25, -0.2) is 5.01 Å². The van der Waals surface area contributed by atoms with Crippen LogP contribution in [-0.2, 0) is 16.1 Å². The molecule has 3 N–H and O–H groups in total. The van der Waals surface area contributed by atoms with Gasteiger partial charge in [-0.2, -0.15) is 0 Å². The summed E-state index contributed by atoms with van der Waals surface area (Å²) in [6, 6.07) is 9.41. The van der Waals surface area contributed by atoms with Crippen molar-refractivity contribution in [2.24, 2.45) is 11.8 Å². The lowest BCUT2D eigenvalue weighted by molar-refractivity contribution is -0.149. The van der Waals surface area contributed by atoms with Gasteiger partial charge >= 0.3 is 5.97 Å². The van der Waals surface area contributed by atoms with E-state index in [-0.39, 0.29) is 43.5 Å². The van der Waals surface area contributed by atoms with Gasteiger partial charge in [-0.1, -0.05) is 30.3 Å². The van der Waals surface area contributed by atoms with Crippen molar-refractivity contribution < 1.29 is 14.6 Å². The van der Waals surface area contributed by atoms with Crippen LogP contribution in [0.3, 0.4) is 0 Å². The number of aliphatic hydroxyl groups excluding tert-OH is 1. The Morgan fingerprint density at radius 2 is 2.11 bits per heavy atom. The molecule has 1 aromatic carbocycles. The number of halogens is 1.